The number of carboxylic acids is 1. The molecule has 3 aromatic carbocycles. The summed E-state index contributed by atoms with van der Waals surface area (Å²) in [6.07, 6.45) is 0.603. The number of aromatic amines is 1. The fraction of sp³-hybridized carbons (Fsp3) is 0.120. The number of amides is 1. The Hall–Kier alpha value is -3.93. The molecule has 1 saturated carbocycles. The largest absolute Gasteiger partial charge is 0.477 e. The first-order valence-corrected chi connectivity index (χ1v) is 9.97. The molecule has 1 fully saturated rings. The average Bonchev–Trinajstić information content (AvgIpc) is 3.46. The van der Waals surface area contributed by atoms with Crippen LogP contribution < -0.4 is 5.32 Å². The standard InChI is InChI=1S/C25H19FN2O3/c26-17-11-12-20-18(13-17)21(22(27-20)24(30)31)28-23(29)19-14-25(19,15-7-3-1-4-8-15)16-9-5-2-6-10-16/h1-13,19,27H,14H2,(H,28,29)(H,30,31)/t19-/m0/s1. The summed E-state index contributed by atoms with van der Waals surface area (Å²) in [6, 6.07) is 23.6. The maximum Gasteiger partial charge on any atom is 0.354 e. The first-order valence-electron chi connectivity index (χ1n) is 9.97. The highest BCUT2D eigenvalue weighted by Crippen LogP contribution is 2.59. The number of nitrogens with one attached hydrogen (secondary N) is 2. The van der Waals surface area contributed by atoms with Crippen LogP contribution in [0.25, 0.3) is 10.9 Å². The number of rotatable bonds is 5. The van der Waals surface area contributed by atoms with Crippen LogP contribution in [0, 0.1) is 11.7 Å². The van der Waals surface area contributed by atoms with E-state index in [4.69, 9.17) is 0 Å². The maximum atomic E-state index is 13.8. The topological polar surface area (TPSA) is 82.2 Å². The number of fused-ring (bicyclic) bond motifs is 1. The molecule has 0 saturated heterocycles. The monoisotopic (exact) mass is 414 g/mol. The van der Waals surface area contributed by atoms with Gasteiger partial charge < -0.3 is 15.4 Å². The quantitative estimate of drug-likeness (QED) is 0.432. The lowest BCUT2D eigenvalue weighted by Crippen LogP contribution is -2.23. The molecule has 1 aliphatic rings. The highest BCUT2D eigenvalue weighted by Gasteiger charge is 2.60. The van der Waals surface area contributed by atoms with Crippen LogP contribution in [0.1, 0.15) is 28.0 Å². The highest BCUT2D eigenvalue weighted by atomic mass is 19.1. The summed E-state index contributed by atoms with van der Waals surface area (Å²) in [7, 11) is 0. The number of halogens is 1. The Bertz CT molecular complexity index is 1260. The van der Waals surface area contributed by atoms with Crippen LogP contribution in [-0.4, -0.2) is 22.0 Å². The molecule has 1 aromatic heterocycles. The molecule has 5 nitrogen and oxygen atoms in total. The second-order valence-corrected chi connectivity index (χ2v) is 7.82. The van der Waals surface area contributed by atoms with Crippen molar-refractivity contribution in [2.45, 2.75) is 11.8 Å². The number of carbonyl (C=O) groups excluding carboxylic acids is 1. The predicted molar refractivity (Wildman–Crippen MR) is 116 cm³/mol. The van der Waals surface area contributed by atoms with E-state index in [2.05, 4.69) is 10.3 Å². The van der Waals surface area contributed by atoms with Crippen molar-refractivity contribution in [3.63, 3.8) is 0 Å². The van der Waals surface area contributed by atoms with E-state index in [0.717, 1.165) is 11.1 Å². The minimum Gasteiger partial charge on any atom is -0.477 e. The van der Waals surface area contributed by atoms with Crippen molar-refractivity contribution in [1.82, 2.24) is 4.98 Å². The molecule has 0 aliphatic heterocycles. The van der Waals surface area contributed by atoms with Crippen molar-refractivity contribution in [3.05, 3.63) is 102 Å². The maximum absolute atomic E-state index is 13.8. The Labute approximate surface area is 177 Å². The van der Waals surface area contributed by atoms with Gasteiger partial charge in [-0.3, -0.25) is 4.79 Å². The van der Waals surface area contributed by atoms with E-state index in [1.54, 1.807) is 0 Å². The van der Waals surface area contributed by atoms with Crippen molar-refractivity contribution >= 4 is 28.5 Å². The van der Waals surface area contributed by atoms with Crippen LogP contribution >= 0.6 is 0 Å². The Kier molecular flexibility index (Phi) is 4.36. The predicted octanol–water partition coefficient (Wildman–Crippen LogP) is 4.95. The molecule has 0 spiro atoms. The molecule has 0 radical (unpaired) electrons. The van der Waals surface area contributed by atoms with Crippen LogP contribution in [0.3, 0.4) is 0 Å². The van der Waals surface area contributed by atoms with Gasteiger partial charge in [0.15, 0.2) is 0 Å². The Balaban J connectivity index is 1.54. The Morgan fingerprint density at radius 1 is 0.968 bits per heavy atom. The van der Waals surface area contributed by atoms with Crippen molar-refractivity contribution < 1.29 is 19.1 Å². The minimum atomic E-state index is -1.22. The van der Waals surface area contributed by atoms with Crippen LogP contribution in [0.5, 0.6) is 0 Å². The van der Waals surface area contributed by atoms with Gasteiger partial charge in [0.25, 0.3) is 0 Å². The van der Waals surface area contributed by atoms with E-state index in [0.29, 0.717) is 17.3 Å². The van der Waals surface area contributed by atoms with Gasteiger partial charge in [-0.05, 0) is 35.7 Å². The van der Waals surface area contributed by atoms with Crippen LogP contribution in [0.15, 0.2) is 78.9 Å². The third-order valence-corrected chi connectivity index (χ3v) is 6.08. The molecule has 1 heterocycles. The highest BCUT2D eigenvalue weighted by molar-refractivity contribution is 6.11. The molecule has 0 bridgehead atoms. The zero-order valence-electron chi connectivity index (χ0n) is 16.4. The third kappa shape index (κ3) is 3.08. The van der Waals surface area contributed by atoms with Gasteiger partial charge in [0.1, 0.15) is 11.5 Å². The van der Waals surface area contributed by atoms with Crippen molar-refractivity contribution in [1.29, 1.82) is 0 Å². The fourth-order valence-corrected chi connectivity index (χ4v) is 4.52. The molecule has 154 valence electrons. The number of anilines is 1. The fourth-order valence-electron chi connectivity index (χ4n) is 4.52. The van der Waals surface area contributed by atoms with Gasteiger partial charge >= 0.3 is 5.97 Å². The molecule has 1 atom stereocenters. The van der Waals surface area contributed by atoms with Gasteiger partial charge in [0.2, 0.25) is 5.91 Å². The Morgan fingerprint density at radius 2 is 1.58 bits per heavy atom. The van der Waals surface area contributed by atoms with Gasteiger partial charge in [-0.1, -0.05) is 60.7 Å². The number of benzene rings is 3. The Morgan fingerprint density at radius 3 is 2.16 bits per heavy atom. The molecule has 1 amide bonds. The number of carboxylic acid groups (broad SMARTS) is 1. The molecule has 3 N–H and O–H groups in total. The van der Waals surface area contributed by atoms with E-state index < -0.39 is 17.2 Å². The number of aromatic nitrogens is 1. The SMILES string of the molecule is O=C(O)c1[nH]c2ccc(F)cc2c1NC(=O)[C@@H]1CC1(c1ccccc1)c1ccccc1. The molecule has 31 heavy (non-hydrogen) atoms. The lowest BCUT2D eigenvalue weighted by molar-refractivity contribution is -0.117. The first kappa shape index (κ1) is 19.1. The molecule has 6 heteroatoms. The lowest BCUT2D eigenvalue weighted by atomic mass is 9.85. The van der Waals surface area contributed by atoms with E-state index in [1.165, 1.54) is 18.2 Å². The van der Waals surface area contributed by atoms with Gasteiger partial charge in [0, 0.05) is 16.3 Å². The summed E-state index contributed by atoms with van der Waals surface area (Å²) in [5.74, 6) is -2.40. The van der Waals surface area contributed by atoms with E-state index in [1.807, 2.05) is 60.7 Å². The summed E-state index contributed by atoms with van der Waals surface area (Å²) in [4.78, 5) is 27.8. The van der Waals surface area contributed by atoms with Gasteiger partial charge in [0.05, 0.1) is 11.6 Å². The molecule has 1 aliphatic carbocycles. The first-order chi connectivity index (χ1) is 15.0. The molecular formula is C25H19FN2O3. The van der Waals surface area contributed by atoms with Crippen LogP contribution in [0.2, 0.25) is 0 Å². The molecule has 4 aromatic rings. The summed E-state index contributed by atoms with van der Waals surface area (Å²) in [5, 5.41) is 12.7. The van der Waals surface area contributed by atoms with Crippen molar-refractivity contribution in [2.24, 2.45) is 5.92 Å². The van der Waals surface area contributed by atoms with Crippen molar-refractivity contribution in [3.8, 4) is 0 Å². The van der Waals surface area contributed by atoms with Gasteiger partial charge in [-0.15, -0.1) is 0 Å². The van der Waals surface area contributed by atoms with Crippen molar-refractivity contribution in [2.75, 3.05) is 5.32 Å². The smallest absolute Gasteiger partial charge is 0.354 e. The van der Waals surface area contributed by atoms with Gasteiger partial charge in [-0.25, -0.2) is 9.18 Å². The molecule has 5 rings (SSSR count). The number of aromatic carboxylic acids is 1. The number of carbonyl (C=O) groups is 2. The number of H-pyrrole nitrogens is 1. The summed E-state index contributed by atoms with van der Waals surface area (Å²) < 4.78 is 13.8. The second kappa shape index (κ2) is 7.09. The molecule has 0 unspecified atom stereocenters. The zero-order valence-corrected chi connectivity index (χ0v) is 16.4. The summed E-state index contributed by atoms with van der Waals surface area (Å²) >= 11 is 0. The molecular weight excluding hydrogens is 395 g/mol. The lowest BCUT2D eigenvalue weighted by Gasteiger charge is -2.19. The van der Waals surface area contributed by atoms with E-state index in [9.17, 15) is 19.1 Å². The van der Waals surface area contributed by atoms with Crippen LogP contribution in [-0.2, 0) is 10.2 Å². The van der Waals surface area contributed by atoms with E-state index >= 15 is 0 Å². The average molecular weight is 414 g/mol. The third-order valence-electron chi connectivity index (χ3n) is 6.08. The number of hydrogen-bond donors (Lipinski definition) is 3. The normalized spacial score (nSPS) is 16.7. The summed E-state index contributed by atoms with van der Waals surface area (Å²) in [6.45, 7) is 0. The summed E-state index contributed by atoms with van der Waals surface area (Å²) in [5.41, 5.74) is 1.96. The van der Waals surface area contributed by atoms with Gasteiger partial charge in [-0.2, -0.15) is 0 Å². The minimum absolute atomic E-state index is 0.0916. The van der Waals surface area contributed by atoms with E-state index in [-0.39, 0.29) is 23.2 Å². The zero-order chi connectivity index (χ0) is 21.6. The second-order valence-electron chi connectivity index (χ2n) is 7.82. The van der Waals surface area contributed by atoms with Crippen LogP contribution in [0.4, 0.5) is 10.1 Å². The number of hydrogen-bond acceptors (Lipinski definition) is 2.